The molecule has 0 saturated carbocycles. The van der Waals surface area contributed by atoms with Gasteiger partial charge in [-0.15, -0.1) is 11.3 Å². The highest BCUT2D eigenvalue weighted by molar-refractivity contribution is 7.09. The standard InChI is InChI=1S/C11H14N2OS/c12-13-10(11-4-1-7-14-11)6-5-9-3-2-8-15-9/h1-4,7-8,10,13H,5-6,12H2. The molecule has 0 radical (unpaired) electrons. The van der Waals surface area contributed by atoms with E-state index >= 15 is 0 Å². The third-order valence-corrected chi connectivity index (χ3v) is 3.28. The van der Waals surface area contributed by atoms with Crippen LogP contribution in [0.15, 0.2) is 40.3 Å². The molecule has 3 nitrogen and oxygen atoms in total. The van der Waals surface area contributed by atoms with Crippen molar-refractivity contribution in [2.75, 3.05) is 0 Å². The van der Waals surface area contributed by atoms with E-state index in [-0.39, 0.29) is 6.04 Å². The minimum absolute atomic E-state index is 0.0992. The maximum absolute atomic E-state index is 5.50. The molecule has 0 fully saturated rings. The van der Waals surface area contributed by atoms with Crippen LogP contribution in [0, 0.1) is 0 Å². The van der Waals surface area contributed by atoms with Crippen molar-refractivity contribution in [3.63, 3.8) is 0 Å². The van der Waals surface area contributed by atoms with Crippen molar-refractivity contribution in [3.8, 4) is 0 Å². The van der Waals surface area contributed by atoms with Crippen molar-refractivity contribution >= 4 is 11.3 Å². The van der Waals surface area contributed by atoms with Gasteiger partial charge >= 0.3 is 0 Å². The predicted octanol–water partition coefficient (Wildman–Crippen LogP) is 2.48. The molecule has 15 heavy (non-hydrogen) atoms. The summed E-state index contributed by atoms with van der Waals surface area (Å²) in [5.74, 6) is 6.39. The van der Waals surface area contributed by atoms with E-state index < -0.39 is 0 Å². The van der Waals surface area contributed by atoms with Crippen LogP contribution in [0.25, 0.3) is 0 Å². The SMILES string of the molecule is NNC(CCc1cccs1)c1ccco1. The van der Waals surface area contributed by atoms with E-state index in [0.29, 0.717) is 0 Å². The van der Waals surface area contributed by atoms with Gasteiger partial charge in [0.2, 0.25) is 0 Å². The first-order chi connectivity index (χ1) is 7.40. The number of rotatable bonds is 5. The van der Waals surface area contributed by atoms with Crippen LogP contribution in [-0.4, -0.2) is 0 Å². The van der Waals surface area contributed by atoms with E-state index in [1.165, 1.54) is 4.88 Å². The fourth-order valence-electron chi connectivity index (χ4n) is 1.54. The highest BCUT2D eigenvalue weighted by Gasteiger charge is 2.12. The molecule has 0 aliphatic rings. The van der Waals surface area contributed by atoms with Gasteiger partial charge in [0.15, 0.2) is 0 Å². The van der Waals surface area contributed by atoms with Gasteiger partial charge in [-0.05, 0) is 36.4 Å². The Labute approximate surface area is 92.9 Å². The van der Waals surface area contributed by atoms with Crippen LogP contribution in [0.1, 0.15) is 23.1 Å². The van der Waals surface area contributed by atoms with Crippen LogP contribution in [0.3, 0.4) is 0 Å². The molecule has 0 bridgehead atoms. The Morgan fingerprint density at radius 2 is 2.33 bits per heavy atom. The average molecular weight is 222 g/mol. The van der Waals surface area contributed by atoms with Crippen molar-refractivity contribution in [2.24, 2.45) is 5.84 Å². The van der Waals surface area contributed by atoms with Gasteiger partial charge in [0.1, 0.15) is 5.76 Å². The first kappa shape index (κ1) is 10.4. The lowest BCUT2D eigenvalue weighted by molar-refractivity contribution is 0.401. The molecule has 2 heterocycles. The second kappa shape index (κ2) is 5.11. The molecule has 0 aliphatic carbocycles. The lowest BCUT2D eigenvalue weighted by Gasteiger charge is -2.12. The normalized spacial score (nSPS) is 12.9. The van der Waals surface area contributed by atoms with Gasteiger partial charge in [0, 0.05) is 4.88 Å². The fraction of sp³-hybridized carbons (Fsp3) is 0.273. The van der Waals surface area contributed by atoms with Crippen LogP contribution < -0.4 is 11.3 Å². The maximum atomic E-state index is 5.50. The molecule has 0 spiro atoms. The fourth-order valence-corrected chi connectivity index (χ4v) is 2.26. The average Bonchev–Trinajstić information content (AvgIpc) is 2.90. The summed E-state index contributed by atoms with van der Waals surface area (Å²) in [6.07, 6.45) is 3.64. The summed E-state index contributed by atoms with van der Waals surface area (Å²) in [7, 11) is 0. The lowest BCUT2D eigenvalue weighted by Crippen LogP contribution is -2.28. The van der Waals surface area contributed by atoms with Crippen molar-refractivity contribution in [1.82, 2.24) is 5.43 Å². The van der Waals surface area contributed by atoms with Crippen molar-refractivity contribution in [2.45, 2.75) is 18.9 Å². The first-order valence-corrected chi connectivity index (χ1v) is 5.80. The Balaban J connectivity index is 1.92. The molecule has 1 unspecified atom stereocenters. The zero-order chi connectivity index (χ0) is 10.5. The second-order valence-corrected chi connectivity index (χ2v) is 4.38. The molecule has 80 valence electrons. The molecule has 2 rings (SSSR count). The summed E-state index contributed by atoms with van der Waals surface area (Å²) >= 11 is 1.77. The highest BCUT2D eigenvalue weighted by atomic mass is 32.1. The molecule has 0 aliphatic heterocycles. The Morgan fingerprint density at radius 1 is 1.40 bits per heavy atom. The summed E-state index contributed by atoms with van der Waals surface area (Å²) in [5, 5.41) is 2.09. The topological polar surface area (TPSA) is 51.2 Å². The quantitative estimate of drug-likeness (QED) is 0.603. The smallest absolute Gasteiger partial charge is 0.122 e. The van der Waals surface area contributed by atoms with Crippen molar-refractivity contribution in [1.29, 1.82) is 0 Å². The minimum atomic E-state index is 0.0992. The number of nitrogens with one attached hydrogen (secondary N) is 1. The number of hydrogen-bond acceptors (Lipinski definition) is 4. The Morgan fingerprint density at radius 3 is 2.93 bits per heavy atom. The van der Waals surface area contributed by atoms with Gasteiger partial charge in [-0.2, -0.15) is 0 Å². The first-order valence-electron chi connectivity index (χ1n) is 4.92. The third-order valence-electron chi connectivity index (χ3n) is 2.35. The Bertz CT molecular complexity index is 369. The van der Waals surface area contributed by atoms with E-state index in [1.807, 2.05) is 12.1 Å². The van der Waals surface area contributed by atoms with Crippen LogP contribution in [-0.2, 0) is 6.42 Å². The monoisotopic (exact) mass is 222 g/mol. The summed E-state index contributed by atoms with van der Waals surface area (Å²) < 4.78 is 5.32. The molecule has 4 heteroatoms. The van der Waals surface area contributed by atoms with Crippen LogP contribution >= 0.6 is 11.3 Å². The molecule has 3 N–H and O–H groups in total. The Hall–Kier alpha value is -1.10. The van der Waals surface area contributed by atoms with Crippen molar-refractivity contribution in [3.05, 3.63) is 46.5 Å². The Kier molecular flexibility index (Phi) is 3.55. The molecule has 0 saturated heterocycles. The zero-order valence-electron chi connectivity index (χ0n) is 8.35. The summed E-state index contributed by atoms with van der Waals surface area (Å²) in [4.78, 5) is 1.38. The van der Waals surface area contributed by atoms with E-state index in [0.717, 1.165) is 18.6 Å². The number of hydrazine groups is 1. The van der Waals surface area contributed by atoms with Crippen molar-refractivity contribution < 1.29 is 4.42 Å². The molecule has 2 aromatic rings. The molecule has 0 aromatic carbocycles. The summed E-state index contributed by atoms with van der Waals surface area (Å²) in [5.41, 5.74) is 2.78. The maximum Gasteiger partial charge on any atom is 0.122 e. The molecule has 0 amide bonds. The highest BCUT2D eigenvalue weighted by Crippen LogP contribution is 2.20. The number of nitrogens with two attached hydrogens (primary N) is 1. The zero-order valence-corrected chi connectivity index (χ0v) is 9.17. The molecule has 2 aromatic heterocycles. The van der Waals surface area contributed by atoms with Gasteiger partial charge in [-0.1, -0.05) is 6.07 Å². The number of thiophene rings is 1. The van der Waals surface area contributed by atoms with Gasteiger partial charge in [-0.3, -0.25) is 5.84 Å². The lowest BCUT2D eigenvalue weighted by atomic mass is 10.1. The summed E-state index contributed by atoms with van der Waals surface area (Å²) in [6, 6.07) is 8.13. The van der Waals surface area contributed by atoms with Crippen LogP contribution in [0.5, 0.6) is 0 Å². The van der Waals surface area contributed by atoms with Gasteiger partial charge in [0.05, 0.1) is 12.3 Å². The molecule has 1 atom stereocenters. The van der Waals surface area contributed by atoms with E-state index in [4.69, 9.17) is 10.3 Å². The number of hydrogen-bond donors (Lipinski definition) is 2. The van der Waals surface area contributed by atoms with Gasteiger partial charge in [-0.25, -0.2) is 5.43 Å². The number of aryl methyl sites for hydroxylation is 1. The second-order valence-electron chi connectivity index (χ2n) is 3.35. The largest absolute Gasteiger partial charge is 0.468 e. The van der Waals surface area contributed by atoms with E-state index in [9.17, 15) is 0 Å². The van der Waals surface area contributed by atoms with E-state index in [2.05, 4.69) is 22.9 Å². The third kappa shape index (κ3) is 2.68. The number of furan rings is 1. The van der Waals surface area contributed by atoms with Gasteiger partial charge in [0.25, 0.3) is 0 Å². The minimum Gasteiger partial charge on any atom is -0.468 e. The van der Waals surface area contributed by atoms with Crippen LogP contribution in [0.4, 0.5) is 0 Å². The summed E-state index contributed by atoms with van der Waals surface area (Å²) in [6.45, 7) is 0. The van der Waals surface area contributed by atoms with Gasteiger partial charge < -0.3 is 4.42 Å². The molecular weight excluding hydrogens is 208 g/mol. The molecular formula is C11H14N2OS. The van der Waals surface area contributed by atoms with E-state index in [1.54, 1.807) is 17.6 Å². The predicted molar refractivity (Wildman–Crippen MR) is 61.4 cm³/mol. The van der Waals surface area contributed by atoms with Crippen LogP contribution in [0.2, 0.25) is 0 Å².